The molecule has 1 saturated heterocycles. The Hall–Kier alpha value is -1.69. The smallest absolute Gasteiger partial charge is 0.246 e. The maximum Gasteiger partial charge on any atom is 0.246 e. The Balaban J connectivity index is 0.00000261. The fraction of sp³-hybridized carbons (Fsp3) is 0.353. The normalized spacial score (nSPS) is 15.0. The van der Waals surface area contributed by atoms with Gasteiger partial charge in [-0.2, -0.15) is 5.10 Å². The molecule has 0 spiro atoms. The van der Waals surface area contributed by atoms with E-state index in [1.165, 1.54) is 6.07 Å². The molecule has 0 unspecified atom stereocenters. The third-order valence-electron chi connectivity index (χ3n) is 4.18. The van der Waals surface area contributed by atoms with Crippen LogP contribution in [0.5, 0.6) is 0 Å². The highest BCUT2D eigenvalue weighted by Crippen LogP contribution is 2.17. The lowest BCUT2D eigenvalue weighted by Gasteiger charge is -2.35. The van der Waals surface area contributed by atoms with Crippen LogP contribution in [0, 0.1) is 5.82 Å². The summed E-state index contributed by atoms with van der Waals surface area (Å²) in [5.41, 5.74) is 1.32. The lowest BCUT2D eigenvalue weighted by atomic mass is 10.2. The van der Waals surface area contributed by atoms with Crippen LogP contribution < -0.4 is 10.2 Å². The number of nitrogens with zero attached hydrogens (tertiary/aromatic N) is 5. The Morgan fingerprint density at radius 2 is 2.19 bits per heavy atom. The van der Waals surface area contributed by atoms with Crippen molar-refractivity contribution in [3.05, 3.63) is 46.4 Å². The standard InChI is InChI=1S/C17H20BrFN6O.HI/c1-20-17(21-8-12-7-13(18)3-4-15(12)19)24-5-6-25(16(26)11-24)14-9-22-23(2)10-14;/h3-4,7,9-10H,5-6,8,11H2,1-2H3,(H,20,21);1H. The SMILES string of the molecule is CN=C(NCc1cc(Br)ccc1F)N1CCN(c2cnn(C)c2)C(=O)C1.I. The van der Waals surface area contributed by atoms with Gasteiger partial charge in [-0.05, 0) is 18.2 Å². The van der Waals surface area contributed by atoms with E-state index in [0.717, 1.165) is 10.2 Å². The molecule has 1 amide bonds. The van der Waals surface area contributed by atoms with E-state index < -0.39 is 0 Å². The van der Waals surface area contributed by atoms with E-state index in [4.69, 9.17) is 0 Å². The topological polar surface area (TPSA) is 65.8 Å². The minimum absolute atomic E-state index is 0. The molecule has 2 aromatic rings. The zero-order chi connectivity index (χ0) is 18.7. The molecule has 1 fully saturated rings. The zero-order valence-electron chi connectivity index (χ0n) is 15.0. The molecular formula is C17H21BrFIN6O. The molecule has 1 N–H and O–H groups in total. The predicted molar refractivity (Wildman–Crippen MR) is 117 cm³/mol. The summed E-state index contributed by atoms with van der Waals surface area (Å²) in [5, 5.41) is 7.24. The largest absolute Gasteiger partial charge is 0.352 e. The fourth-order valence-electron chi connectivity index (χ4n) is 2.86. The van der Waals surface area contributed by atoms with Crippen molar-refractivity contribution in [3.8, 4) is 0 Å². The van der Waals surface area contributed by atoms with Crippen LogP contribution in [-0.4, -0.2) is 53.2 Å². The maximum absolute atomic E-state index is 13.9. The number of carbonyl (C=O) groups is 1. The van der Waals surface area contributed by atoms with Crippen molar-refractivity contribution < 1.29 is 9.18 Å². The Bertz CT molecular complexity index is 843. The maximum atomic E-state index is 13.9. The third-order valence-corrected chi connectivity index (χ3v) is 4.67. The molecule has 1 aliphatic rings. The predicted octanol–water partition coefficient (Wildman–Crippen LogP) is 2.36. The number of hydrogen-bond donors (Lipinski definition) is 1. The number of aliphatic imine (C=N–C) groups is 1. The van der Waals surface area contributed by atoms with Gasteiger partial charge in [0.2, 0.25) is 5.91 Å². The summed E-state index contributed by atoms with van der Waals surface area (Å²) in [6, 6.07) is 4.80. The summed E-state index contributed by atoms with van der Waals surface area (Å²) in [4.78, 5) is 20.3. The molecule has 3 rings (SSSR count). The van der Waals surface area contributed by atoms with Crippen molar-refractivity contribution in [2.75, 3.05) is 31.6 Å². The highest BCUT2D eigenvalue weighted by atomic mass is 127. The van der Waals surface area contributed by atoms with E-state index in [1.807, 2.05) is 18.1 Å². The molecule has 146 valence electrons. The van der Waals surface area contributed by atoms with Crippen molar-refractivity contribution in [1.29, 1.82) is 0 Å². The van der Waals surface area contributed by atoms with E-state index in [9.17, 15) is 9.18 Å². The highest BCUT2D eigenvalue weighted by Gasteiger charge is 2.27. The number of nitrogens with one attached hydrogen (secondary N) is 1. The molecule has 1 aliphatic heterocycles. The molecule has 1 aromatic heterocycles. The van der Waals surface area contributed by atoms with Crippen molar-refractivity contribution >= 4 is 57.5 Å². The highest BCUT2D eigenvalue weighted by molar-refractivity contribution is 14.0. The number of hydrogen-bond acceptors (Lipinski definition) is 3. The lowest BCUT2D eigenvalue weighted by molar-refractivity contribution is -0.120. The number of halogens is 3. The van der Waals surface area contributed by atoms with Crippen LogP contribution in [-0.2, 0) is 18.4 Å². The monoisotopic (exact) mass is 550 g/mol. The molecule has 1 aromatic carbocycles. The first-order valence-electron chi connectivity index (χ1n) is 8.16. The van der Waals surface area contributed by atoms with Gasteiger partial charge in [-0.15, -0.1) is 24.0 Å². The number of guanidine groups is 1. The van der Waals surface area contributed by atoms with Gasteiger partial charge in [0.05, 0.1) is 11.9 Å². The number of benzene rings is 1. The van der Waals surface area contributed by atoms with Crippen LogP contribution >= 0.6 is 39.9 Å². The minimum Gasteiger partial charge on any atom is -0.352 e. The quantitative estimate of drug-likeness (QED) is 0.362. The van der Waals surface area contributed by atoms with Gasteiger partial charge in [0.25, 0.3) is 0 Å². The first kappa shape index (κ1) is 21.6. The Morgan fingerprint density at radius 1 is 1.41 bits per heavy atom. The fourth-order valence-corrected chi connectivity index (χ4v) is 3.27. The average molecular weight is 551 g/mol. The lowest BCUT2D eigenvalue weighted by Crippen LogP contribution is -2.55. The Kier molecular flexibility index (Phi) is 7.59. The molecule has 7 nitrogen and oxygen atoms in total. The number of anilines is 1. The third kappa shape index (κ3) is 5.18. The van der Waals surface area contributed by atoms with E-state index >= 15 is 0 Å². The molecule has 10 heteroatoms. The first-order chi connectivity index (χ1) is 12.5. The molecule has 0 atom stereocenters. The molecule has 2 heterocycles. The van der Waals surface area contributed by atoms with Gasteiger partial charge in [-0.25, -0.2) is 4.39 Å². The van der Waals surface area contributed by atoms with Crippen LogP contribution in [0.1, 0.15) is 5.56 Å². The second-order valence-corrected chi connectivity index (χ2v) is 6.89. The van der Waals surface area contributed by atoms with E-state index in [2.05, 4.69) is 31.3 Å². The molecule has 27 heavy (non-hydrogen) atoms. The van der Waals surface area contributed by atoms with Crippen molar-refractivity contribution in [3.63, 3.8) is 0 Å². The number of amides is 1. The average Bonchev–Trinajstić information content (AvgIpc) is 3.04. The summed E-state index contributed by atoms with van der Waals surface area (Å²) in [6.45, 7) is 1.65. The van der Waals surface area contributed by atoms with Crippen molar-refractivity contribution in [2.24, 2.45) is 12.0 Å². The summed E-state index contributed by atoms with van der Waals surface area (Å²) < 4.78 is 16.4. The molecule has 0 aliphatic carbocycles. The van der Waals surface area contributed by atoms with Crippen molar-refractivity contribution in [1.82, 2.24) is 20.0 Å². The number of aryl methyl sites for hydroxylation is 1. The van der Waals surface area contributed by atoms with Crippen LogP contribution in [0.3, 0.4) is 0 Å². The minimum atomic E-state index is -0.284. The molecule has 0 saturated carbocycles. The van der Waals surface area contributed by atoms with Gasteiger partial charge in [-0.1, -0.05) is 15.9 Å². The van der Waals surface area contributed by atoms with E-state index in [-0.39, 0.29) is 48.8 Å². The van der Waals surface area contributed by atoms with Gasteiger partial charge in [0.15, 0.2) is 5.96 Å². The summed E-state index contributed by atoms with van der Waals surface area (Å²) in [5.74, 6) is 0.262. The second kappa shape index (κ2) is 9.49. The number of rotatable bonds is 3. The molecule has 0 bridgehead atoms. The van der Waals surface area contributed by atoms with Gasteiger partial charge < -0.3 is 15.1 Å². The first-order valence-corrected chi connectivity index (χ1v) is 8.96. The van der Waals surface area contributed by atoms with Gasteiger partial charge in [0, 0.05) is 50.0 Å². The number of aromatic nitrogens is 2. The van der Waals surface area contributed by atoms with Crippen LogP contribution in [0.2, 0.25) is 0 Å². The Labute approximate surface area is 182 Å². The van der Waals surface area contributed by atoms with Crippen LogP contribution in [0.4, 0.5) is 10.1 Å². The summed E-state index contributed by atoms with van der Waals surface area (Å²) in [6.07, 6.45) is 3.49. The van der Waals surface area contributed by atoms with Gasteiger partial charge in [0.1, 0.15) is 12.4 Å². The van der Waals surface area contributed by atoms with Crippen LogP contribution in [0.25, 0.3) is 0 Å². The summed E-state index contributed by atoms with van der Waals surface area (Å²) >= 11 is 3.34. The van der Waals surface area contributed by atoms with Crippen LogP contribution in [0.15, 0.2) is 40.1 Å². The number of piperazine rings is 1. The molecular weight excluding hydrogens is 530 g/mol. The summed E-state index contributed by atoms with van der Waals surface area (Å²) in [7, 11) is 3.47. The van der Waals surface area contributed by atoms with Gasteiger partial charge >= 0.3 is 0 Å². The number of carbonyl (C=O) groups excluding carboxylic acids is 1. The van der Waals surface area contributed by atoms with E-state index in [1.54, 1.807) is 35.0 Å². The van der Waals surface area contributed by atoms with E-state index in [0.29, 0.717) is 24.6 Å². The zero-order valence-corrected chi connectivity index (χ0v) is 18.9. The Morgan fingerprint density at radius 3 is 2.81 bits per heavy atom. The van der Waals surface area contributed by atoms with Gasteiger partial charge in [-0.3, -0.25) is 14.5 Å². The van der Waals surface area contributed by atoms with Crippen molar-refractivity contribution in [2.45, 2.75) is 6.54 Å². The molecule has 0 radical (unpaired) electrons. The second-order valence-electron chi connectivity index (χ2n) is 5.98.